The lowest BCUT2D eigenvalue weighted by Gasteiger charge is -2.15. The van der Waals surface area contributed by atoms with Crippen LogP contribution in [0.25, 0.3) is 0 Å². The molecule has 0 aliphatic heterocycles. The fourth-order valence-corrected chi connectivity index (χ4v) is 1.32. The first-order valence-electron chi connectivity index (χ1n) is 4.86. The van der Waals surface area contributed by atoms with Crippen molar-refractivity contribution in [3.8, 4) is 5.75 Å². The lowest BCUT2D eigenvalue weighted by molar-refractivity contribution is 0.0916. The molecule has 1 aromatic carbocycles. The van der Waals surface area contributed by atoms with Crippen molar-refractivity contribution >= 4 is 0 Å². The second kappa shape index (κ2) is 5.01. The molecule has 1 atom stereocenters. The molecular formula is C12H18O2. The van der Waals surface area contributed by atoms with Gasteiger partial charge in [0.15, 0.2) is 0 Å². The molecule has 0 amide bonds. The van der Waals surface area contributed by atoms with E-state index in [1.54, 1.807) is 7.11 Å². The topological polar surface area (TPSA) is 18.5 Å². The summed E-state index contributed by atoms with van der Waals surface area (Å²) in [5.41, 5.74) is 2.38. The molecule has 0 aromatic heterocycles. The van der Waals surface area contributed by atoms with Crippen LogP contribution >= 0.6 is 0 Å². The average molecular weight is 194 g/mol. The Labute approximate surface area is 85.8 Å². The molecule has 1 aromatic rings. The molecule has 0 spiro atoms. The highest BCUT2D eigenvalue weighted by Crippen LogP contribution is 2.20. The molecule has 14 heavy (non-hydrogen) atoms. The minimum Gasteiger partial charge on any atom is -0.488 e. The van der Waals surface area contributed by atoms with Gasteiger partial charge in [-0.15, -0.1) is 0 Å². The van der Waals surface area contributed by atoms with Crippen molar-refractivity contribution in [3.63, 3.8) is 0 Å². The van der Waals surface area contributed by atoms with Gasteiger partial charge in [-0.25, -0.2) is 0 Å². The predicted molar refractivity (Wildman–Crippen MR) is 57.9 cm³/mol. The summed E-state index contributed by atoms with van der Waals surface area (Å²) in [6, 6.07) is 6.22. The van der Waals surface area contributed by atoms with Crippen molar-refractivity contribution in [2.24, 2.45) is 0 Å². The van der Waals surface area contributed by atoms with Crippen LogP contribution in [0.15, 0.2) is 18.2 Å². The van der Waals surface area contributed by atoms with E-state index in [0.29, 0.717) is 6.61 Å². The zero-order valence-electron chi connectivity index (χ0n) is 9.33. The van der Waals surface area contributed by atoms with E-state index in [1.807, 2.05) is 13.8 Å². The number of ether oxygens (including phenoxy) is 2. The van der Waals surface area contributed by atoms with Gasteiger partial charge in [0.05, 0.1) is 6.61 Å². The van der Waals surface area contributed by atoms with Crippen LogP contribution in [0.4, 0.5) is 0 Å². The number of aryl methyl sites for hydroxylation is 2. The summed E-state index contributed by atoms with van der Waals surface area (Å²) in [5, 5.41) is 0. The van der Waals surface area contributed by atoms with Crippen LogP contribution in [-0.4, -0.2) is 19.8 Å². The highest BCUT2D eigenvalue weighted by Gasteiger charge is 2.05. The molecule has 0 heterocycles. The Bertz CT molecular complexity index is 294. The van der Waals surface area contributed by atoms with Crippen molar-refractivity contribution in [2.45, 2.75) is 26.9 Å². The lowest BCUT2D eigenvalue weighted by atomic mass is 10.1. The van der Waals surface area contributed by atoms with E-state index in [1.165, 1.54) is 11.1 Å². The number of benzene rings is 1. The molecule has 1 unspecified atom stereocenters. The summed E-state index contributed by atoms with van der Waals surface area (Å²) in [6.07, 6.45) is 0.0977. The van der Waals surface area contributed by atoms with Gasteiger partial charge in [0, 0.05) is 7.11 Å². The predicted octanol–water partition coefficient (Wildman–Crippen LogP) is 2.72. The van der Waals surface area contributed by atoms with Gasteiger partial charge in [0.2, 0.25) is 0 Å². The van der Waals surface area contributed by atoms with Gasteiger partial charge in [-0.3, -0.25) is 0 Å². The maximum atomic E-state index is 5.74. The summed E-state index contributed by atoms with van der Waals surface area (Å²) in [4.78, 5) is 0. The van der Waals surface area contributed by atoms with E-state index in [9.17, 15) is 0 Å². The van der Waals surface area contributed by atoms with Gasteiger partial charge >= 0.3 is 0 Å². The monoisotopic (exact) mass is 194 g/mol. The first kappa shape index (κ1) is 11.1. The second-order valence-electron chi connectivity index (χ2n) is 3.65. The first-order valence-corrected chi connectivity index (χ1v) is 4.86. The minimum absolute atomic E-state index is 0.0977. The fraction of sp³-hybridized carbons (Fsp3) is 0.500. The van der Waals surface area contributed by atoms with Gasteiger partial charge in [0.1, 0.15) is 11.9 Å². The van der Waals surface area contributed by atoms with E-state index in [0.717, 1.165) is 5.75 Å². The standard InChI is InChI=1S/C12H18O2/c1-9-5-6-10(2)12(7-9)14-11(3)8-13-4/h5-7,11H,8H2,1-4H3. The van der Waals surface area contributed by atoms with Gasteiger partial charge < -0.3 is 9.47 Å². The first-order chi connectivity index (χ1) is 6.63. The summed E-state index contributed by atoms with van der Waals surface area (Å²) >= 11 is 0. The van der Waals surface area contributed by atoms with E-state index >= 15 is 0 Å². The smallest absolute Gasteiger partial charge is 0.123 e. The molecule has 0 aliphatic carbocycles. The van der Waals surface area contributed by atoms with Crippen LogP contribution in [0.1, 0.15) is 18.1 Å². The molecule has 0 saturated carbocycles. The van der Waals surface area contributed by atoms with Crippen molar-refractivity contribution in [1.29, 1.82) is 0 Å². The molecule has 0 N–H and O–H groups in total. The zero-order chi connectivity index (χ0) is 10.6. The second-order valence-corrected chi connectivity index (χ2v) is 3.65. The molecule has 2 nitrogen and oxygen atoms in total. The van der Waals surface area contributed by atoms with Crippen molar-refractivity contribution < 1.29 is 9.47 Å². The van der Waals surface area contributed by atoms with E-state index < -0.39 is 0 Å². The van der Waals surface area contributed by atoms with Crippen LogP contribution in [0.3, 0.4) is 0 Å². The quantitative estimate of drug-likeness (QED) is 0.733. The number of hydrogen-bond acceptors (Lipinski definition) is 2. The third kappa shape index (κ3) is 3.04. The van der Waals surface area contributed by atoms with Crippen LogP contribution in [-0.2, 0) is 4.74 Å². The molecule has 0 bridgehead atoms. The minimum atomic E-state index is 0.0977. The fourth-order valence-electron chi connectivity index (χ4n) is 1.32. The average Bonchev–Trinajstić information content (AvgIpc) is 2.12. The summed E-state index contributed by atoms with van der Waals surface area (Å²) in [7, 11) is 1.68. The van der Waals surface area contributed by atoms with Crippen molar-refractivity contribution in [2.75, 3.05) is 13.7 Å². The van der Waals surface area contributed by atoms with Crippen molar-refractivity contribution in [1.82, 2.24) is 0 Å². The van der Waals surface area contributed by atoms with Crippen LogP contribution < -0.4 is 4.74 Å². The number of rotatable bonds is 4. The highest BCUT2D eigenvalue weighted by atomic mass is 16.5. The van der Waals surface area contributed by atoms with Crippen molar-refractivity contribution in [3.05, 3.63) is 29.3 Å². The molecule has 78 valence electrons. The molecule has 0 aliphatic rings. The molecular weight excluding hydrogens is 176 g/mol. The largest absolute Gasteiger partial charge is 0.488 e. The Morgan fingerprint density at radius 3 is 2.64 bits per heavy atom. The Morgan fingerprint density at radius 2 is 2.00 bits per heavy atom. The van der Waals surface area contributed by atoms with Gasteiger partial charge in [-0.05, 0) is 38.0 Å². The highest BCUT2D eigenvalue weighted by molar-refractivity contribution is 5.36. The van der Waals surface area contributed by atoms with E-state index in [2.05, 4.69) is 25.1 Å². The number of methoxy groups -OCH3 is 1. The third-order valence-corrected chi connectivity index (χ3v) is 2.07. The summed E-state index contributed by atoms with van der Waals surface area (Å²) in [5.74, 6) is 0.953. The van der Waals surface area contributed by atoms with Gasteiger partial charge in [0.25, 0.3) is 0 Å². The SMILES string of the molecule is COCC(C)Oc1cc(C)ccc1C. The van der Waals surface area contributed by atoms with E-state index in [4.69, 9.17) is 9.47 Å². The van der Waals surface area contributed by atoms with E-state index in [-0.39, 0.29) is 6.10 Å². The molecule has 0 saturated heterocycles. The molecule has 0 fully saturated rings. The molecule has 0 radical (unpaired) electrons. The van der Waals surface area contributed by atoms with Crippen LogP contribution in [0.2, 0.25) is 0 Å². The maximum absolute atomic E-state index is 5.74. The number of hydrogen-bond donors (Lipinski definition) is 0. The van der Waals surface area contributed by atoms with Crippen LogP contribution in [0, 0.1) is 13.8 Å². The Hall–Kier alpha value is -1.02. The summed E-state index contributed by atoms with van der Waals surface area (Å²) < 4.78 is 10.8. The maximum Gasteiger partial charge on any atom is 0.123 e. The Balaban J connectivity index is 2.70. The lowest BCUT2D eigenvalue weighted by Crippen LogP contribution is -2.18. The van der Waals surface area contributed by atoms with Gasteiger partial charge in [-0.1, -0.05) is 12.1 Å². The Morgan fingerprint density at radius 1 is 1.29 bits per heavy atom. The zero-order valence-corrected chi connectivity index (χ0v) is 9.33. The van der Waals surface area contributed by atoms with Gasteiger partial charge in [-0.2, -0.15) is 0 Å². The van der Waals surface area contributed by atoms with Crippen LogP contribution in [0.5, 0.6) is 5.75 Å². The summed E-state index contributed by atoms with van der Waals surface area (Å²) in [6.45, 7) is 6.74. The molecule has 1 rings (SSSR count). The third-order valence-electron chi connectivity index (χ3n) is 2.07. The molecule has 2 heteroatoms. The Kier molecular flexibility index (Phi) is 3.96. The normalized spacial score (nSPS) is 12.6.